The fraction of sp³-hybridized carbons (Fsp3) is 0.526. The molecule has 3 aliphatic rings. The van der Waals surface area contributed by atoms with E-state index in [-0.39, 0.29) is 24.1 Å². The maximum Gasteiger partial charge on any atom is 0.255 e. The summed E-state index contributed by atoms with van der Waals surface area (Å²) in [7, 11) is 0. The van der Waals surface area contributed by atoms with E-state index in [4.69, 9.17) is 0 Å². The molecule has 0 bridgehead atoms. The van der Waals surface area contributed by atoms with Gasteiger partial charge in [0.05, 0.1) is 0 Å². The van der Waals surface area contributed by atoms with Crippen LogP contribution in [0.25, 0.3) is 0 Å². The second kappa shape index (κ2) is 5.95. The monoisotopic (exact) mass is 341 g/mol. The number of piperidine rings is 1. The molecule has 0 spiro atoms. The van der Waals surface area contributed by atoms with Crippen molar-refractivity contribution < 1.29 is 14.4 Å². The zero-order valence-electron chi connectivity index (χ0n) is 14.7. The van der Waals surface area contributed by atoms with Crippen LogP contribution in [0.3, 0.4) is 0 Å². The number of hydrogen-bond donors (Lipinski definition) is 1. The molecule has 0 saturated carbocycles. The zero-order chi connectivity index (χ0) is 17.7. The van der Waals surface area contributed by atoms with E-state index in [9.17, 15) is 14.4 Å². The second-order valence-electron chi connectivity index (χ2n) is 7.49. The zero-order valence-corrected chi connectivity index (χ0v) is 14.7. The van der Waals surface area contributed by atoms with Crippen molar-refractivity contribution in [3.05, 3.63) is 34.4 Å². The molecule has 3 aliphatic heterocycles. The Morgan fingerprint density at radius 3 is 2.56 bits per heavy atom. The lowest BCUT2D eigenvalue weighted by atomic mass is 9.94. The normalized spacial score (nSPS) is 23.7. The maximum absolute atomic E-state index is 12.8. The molecule has 1 saturated heterocycles. The van der Waals surface area contributed by atoms with Gasteiger partial charge in [0.2, 0.25) is 11.8 Å². The molecule has 3 heterocycles. The molecule has 132 valence electrons. The third kappa shape index (κ3) is 2.74. The van der Waals surface area contributed by atoms with Crippen LogP contribution < -0.4 is 5.32 Å². The maximum atomic E-state index is 12.8. The van der Waals surface area contributed by atoms with Gasteiger partial charge in [-0.05, 0) is 49.4 Å². The van der Waals surface area contributed by atoms with Crippen LogP contribution >= 0.6 is 0 Å². The van der Waals surface area contributed by atoms with Gasteiger partial charge < -0.3 is 4.90 Å². The van der Waals surface area contributed by atoms with Gasteiger partial charge in [0.15, 0.2) is 0 Å². The molecule has 1 atom stereocenters. The van der Waals surface area contributed by atoms with Crippen molar-refractivity contribution >= 4 is 17.7 Å². The number of carbonyl (C=O) groups is 3. The summed E-state index contributed by atoms with van der Waals surface area (Å²) < 4.78 is 0. The van der Waals surface area contributed by atoms with Crippen LogP contribution in [-0.4, -0.2) is 46.1 Å². The summed E-state index contributed by atoms with van der Waals surface area (Å²) in [4.78, 5) is 40.4. The van der Waals surface area contributed by atoms with Gasteiger partial charge in [-0.3, -0.25) is 24.6 Å². The van der Waals surface area contributed by atoms with Crippen molar-refractivity contribution in [1.29, 1.82) is 0 Å². The average molecular weight is 341 g/mol. The number of imide groups is 1. The number of amides is 3. The number of fused-ring (bicyclic) bond motifs is 2. The van der Waals surface area contributed by atoms with E-state index in [1.807, 2.05) is 6.07 Å². The van der Waals surface area contributed by atoms with Gasteiger partial charge in [0, 0.05) is 37.7 Å². The summed E-state index contributed by atoms with van der Waals surface area (Å²) in [5.41, 5.74) is 4.26. The minimum Gasteiger partial charge on any atom is -0.322 e. The third-order valence-corrected chi connectivity index (χ3v) is 5.62. The summed E-state index contributed by atoms with van der Waals surface area (Å²) in [6, 6.07) is 4.13. The van der Waals surface area contributed by atoms with E-state index < -0.39 is 6.04 Å². The van der Waals surface area contributed by atoms with Crippen molar-refractivity contribution in [2.45, 2.75) is 58.3 Å². The summed E-state index contributed by atoms with van der Waals surface area (Å²) in [5, 5.41) is 2.35. The van der Waals surface area contributed by atoms with Gasteiger partial charge in [-0.15, -0.1) is 0 Å². The van der Waals surface area contributed by atoms with Gasteiger partial charge in [-0.25, -0.2) is 0 Å². The molecule has 0 aromatic heterocycles. The number of nitrogens with one attached hydrogen (secondary N) is 1. The van der Waals surface area contributed by atoms with Crippen LogP contribution in [0.4, 0.5) is 0 Å². The molecule has 0 radical (unpaired) electrons. The molecule has 1 aromatic carbocycles. The minimum atomic E-state index is -0.540. The predicted molar refractivity (Wildman–Crippen MR) is 91.7 cm³/mol. The van der Waals surface area contributed by atoms with Crippen molar-refractivity contribution in [2.24, 2.45) is 0 Å². The highest BCUT2D eigenvalue weighted by atomic mass is 16.2. The van der Waals surface area contributed by atoms with Gasteiger partial charge in [-0.2, -0.15) is 0 Å². The number of rotatable bonds is 2. The van der Waals surface area contributed by atoms with Crippen molar-refractivity contribution in [3.8, 4) is 0 Å². The van der Waals surface area contributed by atoms with Gasteiger partial charge in [0.25, 0.3) is 5.91 Å². The molecule has 6 heteroatoms. The Balaban J connectivity index is 1.60. The largest absolute Gasteiger partial charge is 0.322 e. The quantitative estimate of drug-likeness (QED) is 0.821. The predicted octanol–water partition coefficient (Wildman–Crippen LogP) is 1.21. The van der Waals surface area contributed by atoms with E-state index in [0.717, 1.165) is 30.6 Å². The molecular weight excluding hydrogens is 318 g/mol. The van der Waals surface area contributed by atoms with E-state index in [1.54, 1.807) is 4.90 Å². The van der Waals surface area contributed by atoms with Crippen LogP contribution in [0.1, 0.15) is 53.7 Å². The fourth-order valence-electron chi connectivity index (χ4n) is 4.09. The summed E-state index contributed by atoms with van der Waals surface area (Å²) in [6.45, 7) is 6.77. The summed E-state index contributed by atoms with van der Waals surface area (Å²) >= 11 is 0. The highest BCUT2D eigenvalue weighted by molar-refractivity contribution is 6.05. The summed E-state index contributed by atoms with van der Waals surface area (Å²) in [5.74, 6) is -0.693. The van der Waals surface area contributed by atoms with Crippen molar-refractivity contribution in [2.75, 3.05) is 6.54 Å². The number of nitrogens with zero attached hydrogens (tertiary/aromatic N) is 2. The smallest absolute Gasteiger partial charge is 0.255 e. The molecule has 1 fully saturated rings. The van der Waals surface area contributed by atoms with Crippen molar-refractivity contribution in [3.63, 3.8) is 0 Å². The summed E-state index contributed by atoms with van der Waals surface area (Å²) in [6.07, 6.45) is 1.65. The lowest BCUT2D eigenvalue weighted by molar-refractivity contribution is -0.136. The fourth-order valence-corrected chi connectivity index (χ4v) is 4.09. The lowest BCUT2D eigenvalue weighted by Crippen LogP contribution is -2.52. The molecule has 1 N–H and O–H groups in total. The Labute approximate surface area is 147 Å². The first-order valence-electron chi connectivity index (χ1n) is 8.97. The van der Waals surface area contributed by atoms with Gasteiger partial charge in [-0.1, -0.05) is 6.07 Å². The van der Waals surface area contributed by atoms with Crippen LogP contribution in [0, 0.1) is 0 Å². The van der Waals surface area contributed by atoms with E-state index in [2.05, 4.69) is 30.1 Å². The Kier molecular flexibility index (Phi) is 3.87. The van der Waals surface area contributed by atoms with E-state index >= 15 is 0 Å². The molecule has 6 nitrogen and oxygen atoms in total. The Hall–Kier alpha value is -2.21. The average Bonchev–Trinajstić information content (AvgIpc) is 2.88. The topological polar surface area (TPSA) is 69.7 Å². The van der Waals surface area contributed by atoms with Crippen molar-refractivity contribution in [1.82, 2.24) is 15.1 Å². The van der Waals surface area contributed by atoms with E-state index in [1.165, 1.54) is 11.1 Å². The first-order chi connectivity index (χ1) is 11.9. The van der Waals surface area contributed by atoms with Gasteiger partial charge >= 0.3 is 0 Å². The molecule has 3 amide bonds. The van der Waals surface area contributed by atoms with Crippen LogP contribution in [0.5, 0.6) is 0 Å². The lowest BCUT2D eigenvalue weighted by Gasteiger charge is -2.32. The first kappa shape index (κ1) is 16.3. The molecular formula is C19H23N3O3. The standard InChI is InChI=1S/C19H23N3O3/c1-11(2)21-6-5-12-8-15-14(7-13(12)9-21)10-22(19(15)25)16-3-4-17(23)20-18(16)24/h7-8,11,16H,3-6,9-10H2,1-2H3,(H,20,23,24)/t16-/m0/s1. The highest BCUT2D eigenvalue weighted by Crippen LogP contribution is 2.32. The molecule has 4 rings (SSSR count). The van der Waals surface area contributed by atoms with Gasteiger partial charge in [0.1, 0.15) is 6.04 Å². The Morgan fingerprint density at radius 2 is 1.84 bits per heavy atom. The SMILES string of the molecule is CC(C)N1CCc2cc3c(cc2C1)CN([C@H]1CCC(=O)NC1=O)C3=O. The van der Waals surface area contributed by atoms with Crippen LogP contribution in [0.2, 0.25) is 0 Å². The molecule has 0 unspecified atom stereocenters. The highest BCUT2D eigenvalue weighted by Gasteiger charge is 2.39. The molecule has 25 heavy (non-hydrogen) atoms. The first-order valence-corrected chi connectivity index (χ1v) is 8.97. The second-order valence-corrected chi connectivity index (χ2v) is 7.49. The van der Waals surface area contributed by atoms with Crippen LogP contribution in [0.15, 0.2) is 12.1 Å². The molecule has 1 aromatic rings. The number of benzene rings is 1. The Morgan fingerprint density at radius 1 is 1.04 bits per heavy atom. The third-order valence-electron chi connectivity index (χ3n) is 5.62. The Bertz CT molecular complexity index is 771. The minimum absolute atomic E-state index is 0.0846. The number of carbonyl (C=O) groups excluding carboxylic acids is 3. The number of hydrogen-bond acceptors (Lipinski definition) is 4. The molecule has 0 aliphatic carbocycles. The van der Waals surface area contributed by atoms with Crippen LogP contribution in [-0.2, 0) is 29.1 Å². The van der Waals surface area contributed by atoms with E-state index in [0.29, 0.717) is 19.0 Å².